The van der Waals surface area contributed by atoms with Crippen molar-refractivity contribution in [3.8, 4) is 0 Å². The van der Waals surface area contributed by atoms with Gasteiger partial charge >= 0.3 is 5.97 Å². The van der Waals surface area contributed by atoms with Gasteiger partial charge in [0, 0.05) is 12.3 Å². The minimum absolute atomic E-state index is 0.180. The van der Waals surface area contributed by atoms with E-state index >= 15 is 0 Å². The predicted molar refractivity (Wildman–Crippen MR) is 54.6 cm³/mol. The summed E-state index contributed by atoms with van der Waals surface area (Å²) in [6.07, 6.45) is 4.94. The van der Waals surface area contributed by atoms with Crippen LogP contribution in [0.2, 0.25) is 0 Å². The molecular formula is C11H12FNO2. The number of rotatable bonds is 3. The molecule has 1 aromatic rings. The molecule has 4 heteroatoms. The molecule has 1 rings (SSSR count). The van der Waals surface area contributed by atoms with Gasteiger partial charge in [-0.15, -0.1) is 0 Å². The van der Waals surface area contributed by atoms with E-state index in [1.165, 1.54) is 19.4 Å². The molecule has 15 heavy (non-hydrogen) atoms. The number of methoxy groups -OCH3 is 1. The molecule has 0 radical (unpaired) electrons. The first kappa shape index (κ1) is 11.4. The van der Waals surface area contributed by atoms with E-state index in [0.717, 1.165) is 5.56 Å². The monoisotopic (exact) mass is 209 g/mol. The van der Waals surface area contributed by atoms with Crippen LogP contribution in [0.5, 0.6) is 0 Å². The zero-order valence-corrected chi connectivity index (χ0v) is 8.66. The molecule has 0 bridgehead atoms. The second kappa shape index (κ2) is 5.24. The van der Waals surface area contributed by atoms with Crippen LogP contribution in [0, 0.1) is 12.9 Å². The van der Waals surface area contributed by atoms with E-state index in [4.69, 9.17) is 0 Å². The lowest BCUT2D eigenvalue weighted by Gasteiger charge is -1.98. The van der Waals surface area contributed by atoms with Crippen LogP contribution in [0.15, 0.2) is 18.3 Å². The Kier molecular flexibility index (Phi) is 3.97. The van der Waals surface area contributed by atoms with Gasteiger partial charge in [-0.25, -0.2) is 4.98 Å². The van der Waals surface area contributed by atoms with Gasteiger partial charge in [0.25, 0.3) is 0 Å². The molecule has 0 saturated carbocycles. The number of hydrogen-bond acceptors (Lipinski definition) is 3. The fraction of sp³-hybridized carbons (Fsp3) is 0.273. The molecule has 0 aromatic carbocycles. The molecule has 0 atom stereocenters. The van der Waals surface area contributed by atoms with Gasteiger partial charge in [-0.1, -0.05) is 12.2 Å². The fourth-order valence-electron chi connectivity index (χ4n) is 1.06. The topological polar surface area (TPSA) is 39.2 Å². The van der Waals surface area contributed by atoms with Crippen molar-refractivity contribution in [2.24, 2.45) is 0 Å². The lowest BCUT2D eigenvalue weighted by Crippen LogP contribution is -1.96. The Bertz CT molecular complexity index is 388. The maximum Gasteiger partial charge on any atom is 0.309 e. The smallest absolute Gasteiger partial charge is 0.309 e. The van der Waals surface area contributed by atoms with E-state index in [0.29, 0.717) is 5.56 Å². The third-order valence-corrected chi connectivity index (χ3v) is 1.92. The van der Waals surface area contributed by atoms with E-state index in [9.17, 15) is 9.18 Å². The summed E-state index contributed by atoms with van der Waals surface area (Å²) >= 11 is 0. The number of esters is 1. The molecule has 0 aliphatic carbocycles. The number of halogens is 1. The minimum atomic E-state index is -0.529. The number of pyridine rings is 1. The van der Waals surface area contributed by atoms with Gasteiger partial charge in [-0.05, 0) is 18.1 Å². The van der Waals surface area contributed by atoms with E-state index < -0.39 is 5.95 Å². The number of aromatic nitrogens is 1. The molecule has 3 nitrogen and oxygen atoms in total. The number of nitrogens with zero attached hydrogens (tertiary/aromatic N) is 1. The van der Waals surface area contributed by atoms with Crippen molar-refractivity contribution in [3.05, 3.63) is 35.4 Å². The molecule has 0 saturated heterocycles. The van der Waals surface area contributed by atoms with Crippen LogP contribution in [0.4, 0.5) is 4.39 Å². The summed E-state index contributed by atoms with van der Waals surface area (Å²) in [5.41, 5.74) is 1.57. The van der Waals surface area contributed by atoms with E-state index in [1.807, 2.05) is 6.92 Å². The number of carbonyl (C=O) groups is 1. The lowest BCUT2D eigenvalue weighted by molar-refractivity contribution is -0.139. The van der Waals surface area contributed by atoms with Gasteiger partial charge in [0.05, 0.1) is 13.5 Å². The van der Waals surface area contributed by atoms with Gasteiger partial charge in [0.1, 0.15) is 0 Å². The highest BCUT2D eigenvalue weighted by Crippen LogP contribution is 2.10. The maximum absolute atomic E-state index is 12.8. The maximum atomic E-state index is 12.8. The first-order chi connectivity index (χ1) is 7.13. The van der Waals surface area contributed by atoms with E-state index in [1.54, 1.807) is 12.2 Å². The summed E-state index contributed by atoms with van der Waals surface area (Å²) in [6.45, 7) is 1.82. The average molecular weight is 209 g/mol. The normalized spacial score (nSPS) is 10.6. The van der Waals surface area contributed by atoms with Crippen LogP contribution < -0.4 is 0 Å². The molecule has 80 valence electrons. The predicted octanol–water partition coefficient (Wildman–Crippen LogP) is 2.11. The van der Waals surface area contributed by atoms with Crippen LogP contribution in [0.3, 0.4) is 0 Å². The van der Waals surface area contributed by atoms with Crippen LogP contribution in [0.25, 0.3) is 6.08 Å². The summed E-state index contributed by atoms with van der Waals surface area (Å²) in [4.78, 5) is 14.3. The number of aryl methyl sites for hydroxylation is 1. The van der Waals surface area contributed by atoms with Gasteiger partial charge < -0.3 is 4.74 Å². The minimum Gasteiger partial charge on any atom is -0.469 e. The van der Waals surface area contributed by atoms with Crippen molar-refractivity contribution in [1.29, 1.82) is 0 Å². The Morgan fingerprint density at radius 1 is 1.67 bits per heavy atom. The highest BCUT2D eigenvalue weighted by molar-refractivity contribution is 5.72. The highest BCUT2D eigenvalue weighted by Gasteiger charge is 1.98. The Morgan fingerprint density at radius 3 is 3.07 bits per heavy atom. The largest absolute Gasteiger partial charge is 0.469 e. The Hall–Kier alpha value is -1.71. The Labute approximate surface area is 87.6 Å². The first-order valence-corrected chi connectivity index (χ1v) is 4.49. The summed E-state index contributed by atoms with van der Waals surface area (Å²) in [5.74, 6) is -0.850. The van der Waals surface area contributed by atoms with E-state index in [-0.39, 0.29) is 12.4 Å². The van der Waals surface area contributed by atoms with Gasteiger partial charge in [0.15, 0.2) is 0 Å². The summed E-state index contributed by atoms with van der Waals surface area (Å²) in [5, 5.41) is 0. The summed E-state index contributed by atoms with van der Waals surface area (Å²) in [7, 11) is 1.33. The van der Waals surface area contributed by atoms with Crippen molar-refractivity contribution in [2.75, 3.05) is 7.11 Å². The third-order valence-electron chi connectivity index (χ3n) is 1.92. The lowest BCUT2D eigenvalue weighted by atomic mass is 10.1. The summed E-state index contributed by atoms with van der Waals surface area (Å²) < 4.78 is 17.2. The van der Waals surface area contributed by atoms with Crippen molar-refractivity contribution in [3.63, 3.8) is 0 Å². The van der Waals surface area contributed by atoms with Crippen LogP contribution in [0.1, 0.15) is 17.5 Å². The number of ether oxygens (including phenoxy) is 1. The molecule has 1 aromatic heterocycles. The molecule has 1 heterocycles. The fourth-order valence-corrected chi connectivity index (χ4v) is 1.06. The highest BCUT2D eigenvalue weighted by atomic mass is 19.1. The molecule has 0 fully saturated rings. The standard InChI is InChI=1S/C11H12FNO2/c1-8-7-13-10(12)6-9(8)4-3-5-11(14)15-2/h3-4,6-7H,5H2,1-2H3. The molecule has 0 aliphatic rings. The summed E-state index contributed by atoms with van der Waals surface area (Å²) in [6, 6.07) is 1.32. The van der Waals surface area contributed by atoms with Crippen molar-refractivity contribution in [1.82, 2.24) is 4.98 Å². The quantitative estimate of drug-likeness (QED) is 0.565. The second-order valence-electron chi connectivity index (χ2n) is 3.05. The van der Waals surface area contributed by atoms with Crippen molar-refractivity contribution < 1.29 is 13.9 Å². The number of hydrogen-bond donors (Lipinski definition) is 0. The zero-order valence-electron chi connectivity index (χ0n) is 8.66. The molecule has 0 aliphatic heterocycles. The van der Waals surface area contributed by atoms with Crippen molar-refractivity contribution in [2.45, 2.75) is 13.3 Å². The van der Waals surface area contributed by atoms with E-state index in [2.05, 4.69) is 9.72 Å². The SMILES string of the molecule is COC(=O)CC=Cc1cc(F)ncc1C. The molecule has 0 unspecified atom stereocenters. The van der Waals surface area contributed by atoms with Crippen LogP contribution in [-0.4, -0.2) is 18.1 Å². The van der Waals surface area contributed by atoms with Crippen LogP contribution in [-0.2, 0) is 9.53 Å². The van der Waals surface area contributed by atoms with Gasteiger partial charge in [-0.2, -0.15) is 4.39 Å². The Balaban J connectivity index is 2.71. The average Bonchev–Trinajstić information content (AvgIpc) is 2.23. The van der Waals surface area contributed by atoms with Gasteiger partial charge in [-0.3, -0.25) is 4.79 Å². The molecule has 0 spiro atoms. The van der Waals surface area contributed by atoms with Crippen molar-refractivity contribution >= 4 is 12.0 Å². The molecule has 0 amide bonds. The van der Waals surface area contributed by atoms with Gasteiger partial charge in [0.2, 0.25) is 5.95 Å². The van der Waals surface area contributed by atoms with Crippen LogP contribution >= 0.6 is 0 Å². The number of carbonyl (C=O) groups excluding carboxylic acids is 1. The first-order valence-electron chi connectivity index (χ1n) is 4.49. The Morgan fingerprint density at radius 2 is 2.40 bits per heavy atom. The molecular weight excluding hydrogens is 197 g/mol. The second-order valence-corrected chi connectivity index (χ2v) is 3.05. The molecule has 0 N–H and O–H groups in total. The third kappa shape index (κ3) is 3.50. The zero-order chi connectivity index (χ0) is 11.3.